The zero-order valence-corrected chi connectivity index (χ0v) is 14.1. The van der Waals surface area contributed by atoms with Gasteiger partial charge in [-0.3, -0.25) is 4.79 Å². The van der Waals surface area contributed by atoms with E-state index in [9.17, 15) is 4.79 Å². The van der Waals surface area contributed by atoms with Gasteiger partial charge in [-0.15, -0.1) is 11.6 Å². The Morgan fingerprint density at radius 2 is 2.09 bits per heavy atom. The van der Waals surface area contributed by atoms with Crippen LogP contribution in [-0.2, 0) is 4.79 Å². The summed E-state index contributed by atoms with van der Waals surface area (Å²) in [6.45, 7) is 2.93. The Labute approximate surface area is 138 Å². The number of ether oxygens (including phenoxy) is 1. The van der Waals surface area contributed by atoms with Crippen LogP contribution in [0, 0.1) is 0 Å². The van der Waals surface area contributed by atoms with Gasteiger partial charge in [0.15, 0.2) is 5.78 Å². The molecular weight excluding hydrogens is 296 g/mol. The number of hydrogen-bond acceptors (Lipinski definition) is 2. The molecule has 1 aliphatic carbocycles. The van der Waals surface area contributed by atoms with Crippen LogP contribution in [0.3, 0.4) is 0 Å². The van der Waals surface area contributed by atoms with Crippen LogP contribution in [0.25, 0.3) is 6.08 Å². The van der Waals surface area contributed by atoms with Crippen LogP contribution >= 0.6 is 11.6 Å². The van der Waals surface area contributed by atoms with Gasteiger partial charge in [-0.05, 0) is 43.4 Å². The lowest BCUT2D eigenvalue weighted by Gasteiger charge is -2.18. The number of alkyl halides is 1. The van der Waals surface area contributed by atoms with Gasteiger partial charge in [0.25, 0.3) is 0 Å². The van der Waals surface area contributed by atoms with E-state index in [0.29, 0.717) is 0 Å². The van der Waals surface area contributed by atoms with Crippen molar-refractivity contribution >= 4 is 23.5 Å². The maximum Gasteiger partial charge on any atom is 0.176 e. The summed E-state index contributed by atoms with van der Waals surface area (Å²) in [5, 5.41) is -0.359. The molecule has 120 valence electrons. The zero-order valence-electron chi connectivity index (χ0n) is 13.3. The molecule has 0 heterocycles. The molecule has 0 amide bonds. The molecule has 0 bridgehead atoms. The van der Waals surface area contributed by atoms with Crippen molar-refractivity contribution in [1.29, 1.82) is 0 Å². The Morgan fingerprint density at radius 3 is 2.91 bits per heavy atom. The molecule has 1 aliphatic rings. The lowest BCUT2D eigenvalue weighted by Crippen LogP contribution is -2.21. The van der Waals surface area contributed by atoms with Crippen molar-refractivity contribution in [3.8, 4) is 5.75 Å². The van der Waals surface area contributed by atoms with Crippen molar-refractivity contribution in [2.75, 3.05) is 6.61 Å². The van der Waals surface area contributed by atoms with Gasteiger partial charge in [0.2, 0.25) is 0 Å². The number of benzene rings is 1. The predicted octanol–water partition coefficient (Wildman–Crippen LogP) is 5.39. The van der Waals surface area contributed by atoms with Gasteiger partial charge in [0.05, 0.1) is 12.0 Å². The molecule has 1 fully saturated rings. The quantitative estimate of drug-likeness (QED) is 0.382. The third-order valence-corrected chi connectivity index (χ3v) is 4.43. The maximum absolute atomic E-state index is 12.1. The lowest BCUT2D eigenvalue weighted by atomic mass is 9.91. The molecule has 0 aliphatic heterocycles. The van der Waals surface area contributed by atoms with Crippen molar-refractivity contribution in [2.45, 2.75) is 57.2 Å². The van der Waals surface area contributed by atoms with E-state index < -0.39 is 0 Å². The second kappa shape index (κ2) is 8.99. The first kappa shape index (κ1) is 17.1. The highest BCUT2D eigenvalue weighted by molar-refractivity contribution is 6.34. The monoisotopic (exact) mass is 320 g/mol. The zero-order chi connectivity index (χ0) is 15.8. The molecule has 2 nitrogen and oxygen atoms in total. The van der Waals surface area contributed by atoms with E-state index >= 15 is 0 Å². The minimum atomic E-state index is -0.359. The second-order valence-corrected chi connectivity index (χ2v) is 6.37. The van der Waals surface area contributed by atoms with E-state index in [-0.39, 0.29) is 11.2 Å². The van der Waals surface area contributed by atoms with E-state index in [1.807, 2.05) is 30.3 Å². The average molecular weight is 321 g/mol. The van der Waals surface area contributed by atoms with Crippen LogP contribution < -0.4 is 4.74 Å². The first-order valence-electron chi connectivity index (χ1n) is 8.33. The Balaban J connectivity index is 2.03. The van der Waals surface area contributed by atoms with E-state index in [1.54, 1.807) is 0 Å². The Morgan fingerprint density at radius 1 is 1.27 bits per heavy atom. The molecule has 3 heteroatoms. The van der Waals surface area contributed by atoms with Crippen molar-refractivity contribution in [3.63, 3.8) is 0 Å². The van der Waals surface area contributed by atoms with Crippen molar-refractivity contribution in [3.05, 3.63) is 35.4 Å². The van der Waals surface area contributed by atoms with Crippen molar-refractivity contribution < 1.29 is 9.53 Å². The summed E-state index contributed by atoms with van der Waals surface area (Å²) in [7, 11) is 0. The molecule has 2 rings (SSSR count). The number of ketones is 1. The predicted molar refractivity (Wildman–Crippen MR) is 92.6 cm³/mol. The number of hydrogen-bond donors (Lipinski definition) is 0. The molecule has 0 radical (unpaired) electrons. The molecule has 1 saturated carbocycles. The Kier molecular flexibility index (Phi) is 6.98. The SMILES string of the molecule is CCCCCCOc1ccccc1C=C1CCCC(Cl)C1=O. The number of Topliss-reactive ketones (excluding diaryl/α,β-unsaturated/α-hetero) is 1. The molecule has 0 aromatic heterocycles. The normalized spacial score (nSPS) is 20.4. The highest BCUT2D eigenvalue weighted by atomic mass is 35.5. The highest BCUT2D eigenvalue weighted by Crippen LogP contribution is 2.28. The van der Waals surface area contributed by atoms with Crippen LogP contribution in [0.1, 0.15) is 57.4 Å². The molecule has 1 aromatic rings. The number of para-hydroxylation sites is 1. The average Bonchev–Trinajstić information content (AvgIpc) is 2.53. The summed E-state index contributed by atoms with van der Waals surface area (Å²) in [6.07, 6.45) is 9.28. The summed E-state index contributed by atoms with van der Waals surface area (Å²) < 4.78 is 5.90. The van der Waals surface area contributed by atoms with Gasteiger partial charge in [-0.1, -0.05) is 44.4 Å². The fourth-order valence-electron chi connectivity index (χ4n) is 2.70. The van der Waals surface area contributed by atoms with Crippen LogP contribution in [0.4, 0.5) is 0 Å². The third kappa shape index (κ3) is 4.88. The number of carbonyl (C=O) groups excluding carboxylic acids is 1. The minimum absolute atomic E-state index is 0.0747. The van der Waals surface area contributed by atoms with Crippen LogP contribution in [0.5, 0.6) is 5.75 Å². The summed E-state index contributed by atoms with van der Waals surface area (Å²) >= 11 is 6.08. The first-order valence-corrected chi connectivity index (χ1v) is 8.76. The van der Waals surface area contributed by atoms with Gasteiger partial charge in [0.1, 0.15) is 5.75 Å². The topological polar surface area (TPSA) is 26.3 Å². The van der Waals surface area contributed by atoms with E-state index in [0.717, 1.165) is 49.2 Å². The fraction of sp³-hybridized carbons (Fsp3) is 0.526. The molecule has 22 heavy (non-hydrogen) atoms. The highest BCUT2D eigenvalue weighted by Gasteiger charge is 2.24. The number of carbonyl (C=O) groups is 1. The largest absolute Gasteiger partial charge is 0.493 e. The molecule has 0 spiro atoms. The van der Waals surface area contributed by atoms with Crippen LogP contribution in [-0.4, -0.2) is 17.8 Å². The van der Waals surface area contributed by atoms with Gasteiger partial charge in [0, 0.05) is 5.56 Å². The van der Waals surface area contributed by atoms with Gasteiger partial charge < -0.3 is 4.74 Å². The van der Waals surface area contributed by atoms with E-state index in [2.05, 4.69) is 6.92 Å². The van der Waals surface area contributed by atoms with E-state index in [4.69, 9.17) is 16.3 Å². The van der Waals surface area contributed by atoms with Gasteiger partial charge in [-0.25, -0.2) is 0 Å². The maximum atomic E-state index is 12.1. The van der Waals surface area contributed by atoms with E-state index in [1.165, 1.54) is 19.3 Å². The Hall–Kier alpha value is -1.28. The summed E-state index contributed by atoms with van der Waals surface area (Å²) in [4.78, 5) is 12.1. The number of rotatable bonds is 7. The summed E-state index contributed by atoms with van der Waals surface area (Å²) in [6, 6.07) is 7.91. The van der Waals surface area contributed by atoms with Gasteiger partial charge in [-0.2, -0.15) is 0 Å². The van der Waals surface area contributed by atoms with Crippen LogP contribution in [0.15, 0.2) is 29.8 Å². The smallest absolute Gasteiger partial charge is 0.176 e. The molecule has 1 unspecified atom stereocenters. The third-order valence-electron chi connectivity index (χ3n) is 4.01. The molecule has 0 N–H and O–H groups in total. The number of allylic oxidation sites excluding steroid dienone is 1. The second-order valence-electron chi connectivity index (χ2n) is 5.84. The first-order chi connectivity index (χ1) is 10.7. The van der Waals surface area contributed by atoms with Gasteiger partial charge >= 0.3 is 0 Å². The molecular formula is C19H25ClO2. The summed E-state index contributed by atoms with van der Waals surface area (Å²) in [5.74, 6) is 0.932. The number of unbranched alkanes of at least 4 members (excludes halogenated alkanes) is 3. The lowest BCUT2D eigenvalue weighted by molar-refractivity contribution is -0.116. The van der Waals surface area contributed by atoms with Crippen LogP contribution in [0.2, 0.25) is 0 Å². The standard InChI is InChI=1S/C19H25ClO2/c1-2-3-4-7-13-22-18-12-6-5-9-15(18)14-16-10-8-11-17(20)19(16)21/h5-6,9,12,14,17H,2-4,7-8,10-11,13H2,1H3. The molecule has 1 atom stereocenters. The van der Waals surface area contributed by atoms with Crippen molar-refractivity contribution in [2.24, 2.45) is 0 Å². The molecule has 1 aromatic carbocycles. The fourth-order valence-corrected chi connectivity index (χ4v) is 2.99. The summed E-state index contributed by atoms with van der Waals surface area (Å²) in [5.41, 5.74) is 1.81. The van der Waals surface area contributed by atoms with Crippen molar-refractivity contribution in [1.82, 2.24) is 0 Å². The Bertz CT molecular complexity index is 522. The number of halogens is 1. The molecule has 0 saturated heterocycles. The minimum Gasteiger partial charge on any atom is -0.493 e.